The number of halogens is 2. The smallest absolute Gasteiger partial charge is 0.211 e. The van der Waals surface area contributed by atoms with Crippen molar-refractivity contribution < 1.29 is 12.8 Å². The quantitative estimate of drug-likeness (QED) is 0.842. The Kier molecular flexibility index (Phi) is 5.19. The number of nitrogens with one attached hydrogen (secondary N) is 1. The summed E-state index contributed by atoms with van der Waals surface area (Å²) < 4.78 is 40.8. The Balaban J connectivity index is 2.04. The zero-order valence-electron chi connectivity index (χ0n) is 11.6. The second kappa shape index (κ2) is 6.56. The van der Waals surface area contributed by atoms with Gasteiger partial charge >= 0.3 is 0 Å². The summed E-state index contributed by atoms with van der Waals surface area (Å²) in [5.41, 5.74) is 1.76. The molecule has 3 nitrogen and oxygen atoms in total. The molecular formula is C14H15BrFNO2S2. The maximum absolute atomic E-state index is 13.0. The predicted octanol–water partition coefficient (Wildman–Crippen LogP) is 3.79. The Bertz CT molecular complexity index is 756. The summed E-state index contributed by atoms with van der Waals surface area (Å²) >= 11 is 4.67. The van der Waals surface area contributed by atoms with Crippen LogP contribution in [0.2, 0.25) is 0 Å². The van der Waals surface area contributed by atoms with Gasteiger partial charge in [-0.05, 0) is 65.5 Å². The fourth-order valence-corrected chi connectivity index (χ4v) is 5.48. The molecule has 114 valence electrons. The molecule has 0 aliphatic carbocycles. The van der Waals surface area contributed by atoms with Crippen molar-refractivity contribution in [3.63, 3.8) is 0 Å². The maximum Gasteiger partial charge on any atom is 0.241 e. The van der Waals surface area contributed by atoms with E-state index in [1.54, 1.807) is 19.1 Å². The minimum absolute atomic E-state index is 0.279. The molecule has 0 saturated heterocycles. The van der Waals surface area contributed by atoms with E-state index in [9.17, 15) is 12.8 Å². The molecule has 0 saturated carbocycles. The second-order valence-electron chi connectivity index (χ2n) is 4.69. The minimum atomic E-state index is -3.50. The average molecular weight is 392 g/mol. The first-order valence-electron chi connectivity index (χ1n) is 6.30. The van der Waals surface area contributed by atoms with Crippen LogP contribution in [0.15, 0.2) is 32.9 Å². The minimum Gasteiger partial charge on any atom is -0.211 e. The van der Waals surface area contributed by atoms with Crippen LogP contribution in [0.4, 0.5) is 4.39 Å². The van der Waals surface area contributed by atoms with Crippen molar-refractivity contribution >= 4 is 37.3 Å². The fourth-order valence-electron chi connectivity index (χ4n) is 2.04. The molecule has 0 radical (unpaired) electrons. The number of aryl methyl sites for hydroxylation is 2. The third kappa shape index (κ3) is 4.12. The summed E-state index contributed by atoms with van der Waals surface area (Å²) in [6.45, 7) is 3.86. The van der Waals surface area contributed by atoms with Crippen LogP contribution < -0.4 is 4.72 Å². The van der Waals surface area contributed by atoms with Gasteiger partial charge in [-0.15, -0.1) is 11.3 Å². The highest BCUT2D eigenvalue weighted by molar-refractivity contribution is 9.11. The van der Waals surface area contributed by atoms with Crippen LogP contribution >= 0.6 is 27.3 Å². The van der Waals surface area contributed by atoms with Gasteiger partial charge < -0.3 is 0 Å². The van der Waals surface area contributed by atoms with Gasteiger partial charge in [0.1, 0.15) is 5.82 Å². The summed E-state index contributed by atoms with van der Waals surface area (Å²) in [5, 5.41) is 0. The number of rotatable bonds is 5. The molecule has 7 heteroatoms. The SMILES string of the molecule is Cc1cc(F)ccc1CCNS(=O)(=O)c1cc(Br)sc1C. The van der Waals surface area contributed by atoms with Crippen LogP contribution in [-0.4, -0.2) is 15.0 Å². The van der Waals surface area contributed by atoms with E-state index >= 15 is 0 Å². The molecule has 0 amide bonds. The molecule has 0 bridgehead atoms. The normalized spacial score (nSPS) is 11.8. The molecule has 21 heavy (non-hydrogen) atoms. The van der Waals surface area contributed by atoms with E-state index in [1.807, 2.05) is 6.92 Å². The molecule has 2 aromatic rings. The lowest BCUT2D eigenvalue weighted by Crippen LogP contribution is -2.26. The predicted molar refractivity (Wildman–Crippen MR) is 86.8 cm³/mol. The van der Waals surface area contributed by atoms with Gasteiger partial charge in [-0.25, -0.2) is 17.5 Å². The summed E-state index contributed by atoms with van der Waals surface area (Å²) in [4.78, 5) is 1.04. The molecule has 1 aromatic carbocycles. The number of sulfonamides is 1. The lowest BCUT2D eigenvalue weighted by Gasteiger charge is -2.08. The Morgan fingerprint density at radius 2 is 2.00 bits per heavy atom. The van der Waals surface area contributed by atoms with Gasteiger partial charge in [0, 0.05) is 11.4 Å². The van der Waals surface area contributed by atoms with E-state index in [0.717, 1.165) is 19.8 Å². The van der Waals surface area contributed by atoms with Crippen molar-refractivity contribution in [1.29, 1.82) is 0 Å². The van der Waals surface area contributed by atoms with Gasteiger partial charge in [-0.1, -0.05) is 6.07 Å². The third-order valence-electron chi connectivity index (χ3n) is 3.12. The van der Waals surface area contributed by atoms with Crippen molar-refractivity contribution in [1.82, 2.24) is 4.72 Å². The Morgan fingerprint density at radius 3 is 2.57 bits per heavy atom. The molecule has 0 atom stereocenters. The highest BCUT2D eigenvalue weighted by Crippen LogP contribution is 2.29. The number of benzene rings is 1. The lowest BCUT2D eigenvalue weighted by atomic mass is 10.1. The van der Waals surface area contributed by atoms with Crippen molar-refractivity contribution in [2.75, 3.05) is 6.54 Å². The molecule has 1 aromatic heterocycles. The zero-order chi connectivity index (χ0) is 15.6. The van der Waals surface area contributed by atoms with Gasteiger partial charge in [0.2, 0.25) is 10.0 Å². The molecule has 2 rings (SSSR count). The molecule has 0 spiro atoms. The molecule has 1 heterocycles. The van der Waals surface area contributed by atoms with Crippen molar-refractivity contribution in [2.45, 2.75) is 25.2 Å². The van der Waals surface area contributed by atoms with Crippen LogP contribution in [0, 0.1) is 19.7 Å². The van der Waals surface area contributed by atoms with Gasteiger partial charge in [-0.3, -0.25) is 0 Å². The van der Waals surface area contributed by atoms with Crippen molar-refractivity contribution in [2.24, 2.45) is 0 Å². The highest BCUT2D eigenvalue weighted by atomic mass is 79.9. The topological polar surface area (TPSA) is 46.2 Å². The summed E-state index contributed by atoms with van der Waals surface area (Å²) in [6.07, 6.45) is 0.524. The Morgan fingerprint density at radius 1 is 1.29 bits per heavy atom. The molecule has 1 N–H and O–H groups in total. The molecule has 0 unspecified atom stereocenters. The number of thiophene rings is 1. The lowest BCUT2D eigenvalue weighted by molar-refractivity contribution is 0.581. The van der Waals surface area contributed by atoms with Crippen LogP contribution in [0.3, 0.4) is 0 Å². The molecular weight excluding hydrogens is 377 g/mol. The Labute approximate surface area is 136 Å². The number of hydrogen-bond donors (Lipinski definition) is 1. The number of hydrogen-bond acceptors (Lipinski definition) is 3. The summed E-state index contributed by atoms with van der Waals surface area (Å²) in [7, 11) is -3.50. The van der Waals surface area contributed by atoms with E-state index in [1.165, 1.54) is 23.5 Å². The van der Waals surface area contributed by atoms with E-state index in [2.05, 4.69) is 20.7 Å². The zero-order valence-corrected chi connectivity index (χ0v) is 14.8. The van der Waals surface area contributed by atoms with Crippen LogP contribution in [0.5, 0.6) is 0 Å². The van der Waals surface area contributed by atoms with E-state index in [-0.39, 0.29) is 12.4 Å². The second-order valence-corrected chi connectivity index (χ2v) is 9.06. The fraction of sp³-hybridized carbons (Fsp3) is 0.286. The van der Waals surface area contributed by atoms with Crippen molar-refractivity contribution in [3.05, 3.63) is 49.9 Å². The first-order valence-corrected chi connectivity index (χ1v) is 9.39. The summed E-state index contributed by atoms with van der Waals surface area (Å²) in [5.74, 6) is -0.282. The van der Waals surface area contributed by atoms with Gasteiger partial charge in [0.15, 0.2) is 0 Å². The van der Waals surface area contributed by atoms with E-state index < -0.39 is 10.0 Å². The maximum atomic E-state index is 13.0. The Hall–Kier alpha value is -0.760. The van der Waals surface area contributed by atoms with Crippen LogP contribution in [0.25, 0.3) is 0 Å². The highest BCUT2D eigenvalue weighted by Gasteiger charge is 2.18. The summed E-state index contributed by atoms with van der Waals surface area (Å²) in [6, 6.07) is 6.12. The van der Waals surface area contributed by atoms with Crippen molar-refractivity contribution in [3.8, 4) is 0 Å². The van der Waals surface area contributed by atoms with E-state index in [4.69, 9.17) is 0 Å². The van der Waals surface area contributed by atoms with Crippen LogP contribution in [0.1, 0.15) is 16.0 Å². The monoisotopic (exact) mass is 391 g/mol. The average Bonchev–Trinajstić information content (AvgIpc) is 2.72. The standard InChI is InChI=1S/C14H15BrFNO2S2/c1-9-7-12(16)4-3-11(9)5-6-17-21(18,19)13-8-14(15)20-10(13)2/h3-4,7-8,17H,5-6H2,1-2H3. The van der Waals surface area contributed by atoms with E-state index in [0.29, 0.717) is 11.3 Å². The van der Waals surface area contributed by atoms with Gasteiger partial charge in [0.05, 0.1) is 8.68 Å². The van der Waals surface area contributed by atoms with Gasteiger partial charge in [0.25, 0.3) is 0 Å². The molecule has 0 fully saturated rings. The molecule has 0 aliphatic rings. The van der Waals surface area contributed by atoms with Crippen LogP contribution in [-0.2, 0) is 16.4 Å². The first-order chi connectivity index (χ1) is 9.79. The third-order valence-corrected chi connectivity index (χ3v) is 6.39. The molecule has 0 aliphatic heterocycles. The first kappa shape index (κ1) is 16.6. The van der Waals surface area contributed by atoms with Gasteiger partial charge in [-0.2, -0.15) is 0 Å². The largest absolute Gasteiger partial charge is 0.241 e.